The number of rotatable bonds is 7. The maximum atomic E-state index is 13.1. The first-order valence-corrected chi connectivity index (χ1v) is 9.75. The molecule has 1 aliphatic rings. The number of nitrogens with zero attached hydrogens (tertiary/aromatic N) is 2. The molecule has 0 saturated heterocycles. The molecule has 0 atom stereocenters. The van der Waals surface area contributed by atoms with E-state index in [1.807, 2.05) is 42.5 Å². The van der Waals surface area contributed by atoms with Crippen molar-refractivity contribution < 1.29 is 14.0 Å². The van der Waals surface area contributed by atoms with Crippen LogP contribution >= 0.6 is 0 Å². The van der Waals surface area contributed by atoms with Gasteiger partial charge in [-0.3, -0.25) is 9.59 Å². The molecule has 2 aromatic rings. The number of hydrogen-bond acceptors (Lipinski definition) is 3. The minimum Gasteiger partial charge on any atom is -0.467 e. The lowest BCUT2D eigenvalue weighted by Gasteiger charge is -2.34. The molecule has 2 amide bonds. The van der Waals surface area contributed by atoms with E-state index >= 15 is 0 Å². The number of amides is 2. The van der Waals surface area contributed by atoms with E-state index in [1.54, 1.807) is 23.0 Å². The minimum absolute atomic E-state index is 0.0205. The SMILES string of the molecule is CC(=O)N(CC(=O)N(Cc1ccccc1)Cc1ccco1)C1CCCCC1. The lowest BCUT2D eigenvalue weighted by atomic mass is 9.94. The van der Waals surface area contributed by atoms with Gasteiger partial charge in [0.25, 0.3) is 0 Å². The molecule has 0 aliphatic heterocycles. The van der Waals surface area contributed by atoms with E-state index < -0.39 is 0 Å². The van der Waals surface area contributed by atoms with Gasteiger partial charge in [0.2, 0.25) is 11.8 Å². The van der Waals surface area contributed by atoms with Gasteiger partial charge in [0.05, 0.1) is 12.8 Å². The van der Waals surface area contributed by atoms with Crippen LogP contribution in [0.5, 0.6) is 0 Å². The smallest absolute Gasteiger partial charge is 0.242 e. The Kier molecular flexibility index (Phi) is 6.69. The first kappa shape index (κ1) is 19.2. The van der Waals surface area contributed by atoms with E-state index in [2.05, 4.69) is 0 Å². The summed E-state index contributed by atoms with van der Waals surface area (Å²) < 4.78 is 5.45. The third kappa shape index (κ3) is 5.46. The monoisotopic (exact) mass is 368 g/mol. The average Bonchev–Trinajstić information content (AvgIpc) is 3.20. The van der Waals surface area contributed by atoms with Gasteiger partial charge < -0.3 is 14.2 Å². The fourth-order valence-electron chi connectivity index (χ4n) is 3.76. The highest BCUT2D eigenvalue weighted by Crippen LogP contribution is 2.23. The second kappa shape index (κ2) is 9.40. The lowest BCUT2D eigenvalue weighted by Crippen LogP contribution is -2.47. The van der Waals surface area contributed by atoms with Gasteiger partial charge in [0.15, 0.2) is 0 Å². The van der Waals surface area contributed by atoms with Crippen molar-refractivity contribution in [2.45, 2.75) is 58.2 Å². The van der Waals surface area contributed by atoms with E-state index in [9.17, 15) is 9.59 Å². The summed E-state index contributed by atoms with van der Waals surface area (Å²) in [5.41, 5.74) is 1.06. The predicted octanol–water partition coefficient (Wildman–Crippen LogP) is 3.99. The van der Waals surface area contributed by atoms with Crippen LogP contribution in [0.1, 0.15) is 50.4 Å². The van der Waals surface area contributed by atoms with Crippen LogP contribution in [0.3, 0.4) is 0 Å². The van der Waals surface area contributed by atoms with Gasteiger partial charge in [-0.25, -0.2) is 0 Å². The molecule has 5 nitrogen and oxygen atoms in total. The van der Waals surface area contributed by atoms with Gasteiger partial charge in [-0.2, -0.15) is 0 Å². The molecular weight excluding hydrogens is 340 g/mol. The summed E-state index contributed by atoms with van der Waals surface area (Å²) in [7, 11) is 0. The highest BCUT2D eigenvalue weighted by molar-refractivity contribution is 5.84. The summed E-state index contributed by atoms with van der Waals surface area (Å²) in [6, 6.07) is 13.8. The molecule has 5 heteroatoms. The Labute approximate surface area is 160 Å². The molecule has 1 saturated carbocycles. The Morgan fingerprint density at radius 3 is 2.37 bits per heavy atom. The first-order chi connectivity index (χ1) is 13.1. The molecule has 1 aliphatic carbocycles. The van der Waals surface area contributed by atoms with Gasteiger partial charge in [-0.1, -0.05) is 49.6 Å². The van der Waals surface area contributed by atoms with Crippen LogP contribution in [-0.4, -0.2) is 34.2 Å². The van der Waals surface area contributed by atoms with Crippen molar-refractivity contribution >= 4 is 11.8 Å². The van der Waals surface area contributed by atoms with Crippen LogP contribution < -0.4 is 0 Å². The Bertz CT molecular complexity index is 721. The Balaban J connectivity index is 1.72. The maximum absolute atomic E-state index is 13.1. The zero-order valence-corrected chi connectivity index (χ0v) is 16.0. The predicted molar refractivity (Wildman–Crippen MR) is 104 cm³/mol. The van der Waals surface area contributed by atoms with Crippen LogP contribution in [0, 0.1) is 0 Å². The number of hydrogen-bond donors (Lipinski definition) is 0. The van der Waals surface area contributed by atoms with Gasteiger partial charge in [0.1, 0.15) is 12.3 Å². The van der Waals surface area contributed by atoms with Gasteiger partial charge in [-0.05, 0) is 30.5 Å². The highest BCUT2D eigenvalue weighted by Gasteiger charge is 2.27. The molecule has 3 rings (SSSR count). The lowest BCUT2D eigenvalue weighted by molar-refractivity contribution is -0.142. The summed E-state index contributed by atoms with van der Waals surface area (Å²) in [5.74, 6) is 0.676. The topological polar surface area (TPSA) is 53.8 Å². The summed E-state index contributed by atoms with van der Waals surface area (Å²) in [6.45, 7) is 2.59. The van der Waals surface area contributed by atoms with E-state index in [-0.39, 0.29) is 24.4 Å². The van der Waals surface area contributed by atoms with Crippen LogP contribution in [0.4, 0.5) is 0 Å². The average molecular weight is 368 g/mol. The second-order valence-electron chi connectivity index (χ2n) is 7.25. The van der Waals surface area contributed by atoms with Crippen LogP contribution in [0.15, 0.2) is 53.1 Å². The highest BCUT2D eigenvalue weighted by atomic mass is 16.3. The summed E-state index contributed by atoms with van der Waals surface area (Å²) in [5, 5.41) is 0. The van der Waals surface area contributed by atoms with Crippen molar-refractivity contribution in [2.75, 3.05) is 6.54 Å². The molecule has 0 N–H and O–H groups in total. The van der Waals surface area contributed by atoms with Crippen molar-refractivity contribution in [3.05, 3.63) is 60.1 Å². The van der Waals surface area contributed by atoms with Gasteiger partial charge in [-0.15, -0.1) is 0 Å². The molecular formula is C22H28N2O3. The quantitative estimate of drug-likeness (QED) is 0.742. The molecule has 1 heterocycles. The first-order valence-electron chi connectivity index (χ1n) is 9.75. The van der Waals surface area contributed by atoms with Gasteiger partial charge in [0, 0.05) is 19.5 Å². The zero-order chi connectivity index (χ0) is 19.1. The second-order valence-corrected chi connectivity index (χ2v) is 7.25. The standard InChI is InChI=1S/C22H28N2O3/c1-18(25)24(20-11-6-3-7-12-20)17-22(26)23(16-21-13-8-14-27-21)15-19-9-4-2-5-10-19/h2,4-5,8-10,13-14,20H,3,6-7,11-12,15-17H2,1H3. The number of benzene rings is 1. The van der Waals surface area contributed by atoms with Crippen molar-refractivity contribution in [2.24, 2.45) is 0 Å². The molecule has 0 spiro atoms. The summed E-state index contributed by atoms with van der Waals surface area (Å²) in [4.78, 5) is 28.9. The van der Waals surface area contributed by atoms with Crippen molar-refractivity contribution in [3.63, 3.8) is 0 Å². The maximum Gasteiger partial charge on any atom is 0.242 e. The molecule has 0 radical (unpaired) electrons. The molecule has 1 aromatic carbocycles. The molecule has 1 aromatic heterocycles. The Morgan fingerprint density at radius 2 is 1.74 bits per heavy atom. The summed E-state index contributed by atoms with van der Waals surface area (Å²) in [6.07, 6.45) is 7.07. The molecule has 0 bridgehead atoms. The fourth-order valence-corrected chi connectivity index (χ4v) is 3.76. The Hall–Kier alpha value is -2.56. The largest absolute Gasteiger partial charge is 0.467 e. The molecule has 1 fully saturated rings. The van der Waals surface area contributed by atoms with Crippen LogP contribution in [-0.2, 0) is 22.7 Å². The molecule has 27 heavy (non-hydrogen) atoms. The van der Waals surface area contributed by atoms with Crippen LogP contribution in [0.25, 0.3) is 0 Å². The van der Waals surface area contributed by atoms with Crippen molar-refractivity contribution in [1.82, 2.24) is 9.80 Å². The third-order valence-electron chi connectivity index (χ3n) is 5.22. The number of carbonyl (C=O) groups excluding carboxylic acids is 2. The van der Waals surface area contributed by atoms with Crippen LogP contribution in [0.2, 0.25) is 0 Å². The van der Waals surface area contributed by atoms with E-state index in [1.165, 1.54) is 6.42 Å². The van der Waals surface area contributed by atoms with E-state index in [0.29, 0.717) is 13.1 Å². The van der Waals surface area contributed by atoms with Crippen molar-refractivity contribution in [1.29, 1.82) is 0 Å². The number of carbonyl (C=O) groups is 2. The summed E-state index contributed by atoms with van der Waals surface area (Å²) >= 11 is 0. The fraction of sp³-hybridized carbons (Fsp3) is 0.455. The Morgan fingerprint density at radius 1 is 1.00 bits per heavy atom. The third-order valence-corrected chi connectivity index (χ3v) is 5.22. The molecule has 0 unspecified atom stereocenters. The van der Waals surface area contributed by atoms with Crippen molar-refractivity contribution in [3.8, 4) is 0 Å². The number of furan rings is 1. The normalized spacial score (nSPS) is 14.7. The van der Waals surface area contributed by atoms with E-state index in [4.69, 9.17) is 4.42 Å². The minimum atomic E-state index is -0.0453. The van der Waals surface area contributed by atoms with Gasteiger partial charge >= 0.3 is 0 Å². The molecule has 144 valence electrons. The zero-order valence-electron chi connectivity index (χ0n) is 16.0. The van der Waals surface area contributed by atoms with E-state index in [0.717, 1.165) is 37.0 Å².